The summed E-state index contributed by atoms with van der Waals surface area (Å²) in [6.45, 7) is 13.2. The topological polar surface area (TPSA) is 31.0 Å². The van der Waals surface area contributed by atoms with Gasteiger partial charge in [0.05, 0.1) is 13.2 Å². The molecule has 1 rings (SSSR count). The molecule has 1 fully saturated rings. The number of hydrogen-bond acceptors (Lipinski definition) is 4. The van der Waals surface area contributed by atoms with Crippen molar-refractivity contribution in [1.29, 1.82) is 0 Å². The molecule has 0 spiro atoms. The van der Waals surface area contributed by atoms with Gasteiger partial charge in [0.25, 0.3) is 0 Å². The molecule has 5 nitrogen and oxygen atoms in total. The maximum atomic E-state index is 5.57. The van der Waals surface area contributed by atoms with Crippen molar-refractivity contribution in [2.75, 3.05) is 73.1 Å². The molecule has 0 amide bonds. The summed E-state index contributed by atoms with van der Waals surface area (Å²) < 4.78 is 5.36. The second-order valence-electron chi connectivity index (χ2n) is 6.33. The van der Waals surface area contributed by atoms with Crippen molar-refractivity contribution in [2.45, 2.75) is 13.8 Å². The van der Waals surface area contributed by atoms with Crippen molar-refractivity contribution in [3.63, 3.8) is 0 Å². The number of morpholine rings is 1. The van der Waals surface area contributed by atoms with Crippen LogP contribution >= 0.6 is 12.2 Å². The molecule has 1 aliphatic rings. The average Bonchev–Trinajstić information content (AvgIpc) is 2.44. The summed E-state index contributed by atoms with van der Waals surface area (Å²) in [5.74, 6) is 0.617. The minimum atomic E-state index is 0.617. The highest BCUT2D eigenvalue weighted by Crippen LogP contribution is 2.00. The standard InChI is InChI=1S/C15H32N4OS/c1-14(2)13-19(8-7-17(3)4)15(21)16-5-6-18-9-11-20-12-10-18/h14H,5-13H2,1-4H3,(H,16,21). The molecule has 0 aromatic carbocycles. The van der Waals surface area contributed by atoms with E-state index in [4.69, 9.17) is 17.0 Å². The van der Waals surface area contributed by atoms with Crippen LogP contribution in [0.1, 0.15) is 13.8 Å². The molecule has 0 radical (unpaired) electrons. The van der Waals surface area contributed by atoms with E-state index in [9.17, 15) is 0 Å². The molecular weight excluding hydrogens is 284 g/mol. The number of likely N-dealkylation sites (N-methyl/N-ethyl adjacent to an activating group) is 1. The predicted octanol–water partition coefficient (Wildman–Crippen LogP) is 0.713. The van der Waals surface area contributed by atoms with Gasteiger partial charge in [-0.25, -0.2) is 0 Å². The lowest BCUT2D eigenvalue weighted by Gasteiger charge is -2.30. The van der Waals surface area contributed by atoms with E-state index in [0.29, 0.717) is 5.92 Å². The molecule has 1 heterocycles. The van der Waals surface area contributed by atoms with Crippen LogP contribution in [0.4, 0.5) is 0 Å². The second-order valence-corrected chi connectivity index (χ2v) is 6.72. The quantitative estimate of drug-likeness (QED) is 0.664. The maximum Gasteiger partial charge on any atom is 0.169 e. The van der Waals surface area contributed by atoms with E-state index >= 15 is 0 Å². The third-order valence-corrected chi connectivity index (χ3v) is 3.90. The Hall–Kier alpha value is -0.430. The Balaban J connectivity index is 2.29. The molecular formula is C15H32N4OS. The highest BCUT2D eigenvalue weighted by Gasteiger charge is 2.13. The van der Waals surface area contributed by atoms with Gasteiger partial charge in [0, 0.05) is 45.8 Å². The summed E-state index contributed by atoms with van der Waals surface area (Å²) in [5, 5.41) is 4.30. The van der Waals surface area contributed by atoms with Crippen LogP contribution in [-0.4, -0.2) is 92.9 Å². The number of nitrogens with one attached hydrogen (secondary N) is 1. The Morgan fingerprint density at radius 3 is 2.48 bits per heavy atom. The van der Waals surface area contributed by atoms with Gasteiger partial charge >= 0.3 is 0 Å². The summed E-state index contributed by atoms with van der Waals surface area (Å²) in [6.07, 6.45) is 0. The molecule has 0 bridgehead atoms. The summed E-state index contributed by atoms with van der Waals surface area (Å²) in [7, 11) is 4.20. The van der Waals surface area contributed by atoms with Gasteiger partial charge in [0.2, 0.25) is 0 Å². The van der Waals surface area contributed by atoms with Gasteiger partial charge in [0.1, 0.15) is 0 Å². The number of rotatable bonds is 8. The fraction of sp³-hybridized carbons (Fsp3) is 0.933. The highest BCUT2D eigenvalue weighted by molar-refractivity contribution is 7.80. The molecule has 0 aromatic rings. The lowest BCUT2D eigenvalue weighted by Crippen LogP contribution is -2.47. The molecule has 124 valence electrons. The molecule has 21 heavy (non-hydrogen) atoms. The van der Waals surface area contributed by atoms with Crippen LogP contribution in [0.2, 0.25) is 0 Å². The molecule has 1 saturated heterocycles. The minimum Gasteiger partial charge on any atom is -0.379 e. The van der Waals surface area contributed by atoms with E-state index in [0.717, 1.165) is 64.1 Å². The zero-order valence-electron chi connectivity index (χ0n) is 14.1. The van der Waals surface area contributed by atoms with Crippen molar-refractivity contribution in [3.05, 3.63) is 0 Å². The zero-order chi connectivity index (χ0) is 15.7. The molecule has 6 heteroatoms. The van der Waals surface area contributed by atoms with Gasteiger partial charge in [-0.2, -0.15) is 0 Å². The fourth-order valence-corrected chi connectivity index (χ4v) is 2.56. The smallest absolute Gasteiger partial charge is 0.169 e. The Morgan fingerprint density at radius 1 is 1.24 bits per heavy atom. The van der Waals surface area contributed by atoms with E-state index < -0.39 is 0 Å². The van der Waals surface area contributed by atoms with E-state index in [-0.39, 0.29) is 0 Å². The molecule has 0 atom stereocenters. The van der Waals surface area contributed by atoms with E-state index in [2.05, 4.69) is 48.0 Å². The van der Waals surface area contributed by atoms with Crippen LogP contribution in [-0.2, 0) is 4.74 Å². The lowest BCUT2D eigenvalue weighted by molar-refractivity contribution is 0.0388. The van der Waals surface area contributed by atoms with Gasteiger partial charge in [-0.15, -0.1) is 0 Å². The first-order chi connectivity index (χ1) is 9.99. The summed E-state index contributed by atoms with van der Waals surface area (Å²) in [5.41, 5.74) is 0. The largest absolute Gasteiger partial charge is 0.379 e. The first-order valence-electron chi connectivity index (χ1n) is 7.96. The molecule has 0 aromatic heterocycles. The van der Waals surface area contributed by atoms with Crippen LogP contribution in [0.5, 0.6) is 0 Å². The van der Waals surface area contributed by atoms with Crippen LogP contribution in [0, 0.1) is 5.92 Å². The normalized spacial score (nSPS) is 16.5. The maximum absolute atomic E-state index is 5.57. The Labute approximate surface area is 135 Å². The van der Waals surface area contributed by atoms with Crippen molar-refractivity contribution in [1.82, 2.24) is 20.0 Å². The molecule has 1 N–H and O–H groups in total. The Kier molecular flexibility index (Phi) is 9.15. The fourth-order valence-electron chi connectivity index (χ4n) is 2.29. The number of hydrogen-bond donors (Lipinski definition) is 1. The third-order valence-electron chi connectivity index (χ3n) is 3.50. The number of ether oxygens (including phenoxy) is 1. The van der Waals surface area contributed by atoms with Crippen LogP contribution in [0.3, 0.4) is 0 Å². The van der Waals surface area contributed by atoms with Gasteiger partial charge < -0.3 is 19.9 Å². The van der Waals surface area contributed by atoms with Crippen molar-refractivity contribution >= 4 is 17.3 Å². The Morgan fingerprint density at radius 2 is 1.90 bits per heavy atom. The van der Waals surface area contributed by atoms with Crippen molar-refractivity contribution < 1.29 is 4.74 Å². The second kappa shape index (κ2) is 10.3. The molecule has 0 unspecified atom stereocenters. The van der Waals surface area contributed by atoms with Crippen LogP contribution in [0.15, 0.2) is 0 Å². The van der Waals surface area contributed by atoms with Crippen molar-refractivity contribution in [3.8, 4) is 0 Å². The van der Waals surface area contributed by atoms with Gasteiger partial charge in [-0.3, -0.25) is 4.90 Å². The summed E-state index contributed by atoms with van der Waals surface area (Å²) in [4.78, 5) is 6.91. The highest BCUT2D eigenvalue weighted by atomic mass is 32.1. The number of thiocarbonyl (C=S) groups is 1. The SMILES string of the molecule is CC(C)CN(CCN(C)C)C(=S)NCCN1CCOCC1. The first-order valence-corrected chi connectivity index (χ1v) is 8.37. The van der Waals surface area contributed by atoms with Gasteiger partial charge in [-0.05, 0) is 32.2 Å². The van der Waals surface area contributed by atoms with Crippen molar-refractivity contribution in [2.24, 2.45) is 5.92 Å². The lowest BCUT2D eigenvalue weighted by atomic mass is 10.2. The molecule has 1 aliphatic heterocycles. The van der Waals surface area contributed by atoms with Gasteiger partial charge in [0.15, 0.2) is 5.11 Å². The minimum absolute atomic E-state index is 0.617. The average molecular weight is 317 g/mol. The van der Waals surface area contributed by atoms with E-state index in [1.165, 1.54) is 0 Å². The number of nitrogens with zero attached hydrogens (tertiary/aromatic N) is 3. The van der Waals surface area contributed by atoms with Gasteiger partial charge in [-0.1, -0.05) is 13.8 Å². The monoisotopic (exact) mass is 316 g/mol. The molecule has 0 saturated carbocycles. The van der Waals surface area contributed by atoms with E-state index in [1.807, 2.05) is 0 Å². The van der Waals surface area contributed by atoms with Crippen LogP contribution in [0.25, 0.3) is 0 Å². The first kappa shape index (κ1) is 18.6. The predicted molar refractivity (Wildman–Crippen MR) is 92.8 cm³/mol. The molecule has 0 aliphatic carbocycles. The zero-order valence-corrected chi connectivity index (χ0v) is 14.9. The summed E-state index contributed by atoms with van der Waals surface area (Å²) in [6, 6.07) is 0. The van der Waals surface area contributed by atoms with Crippen LogP contribution < -0.4 is 5.32 Å². The van der Waals surface area contributed by atoms with E-state index in [1.54, 1.807) is 0 Å². The summed E-state index contributed by atoms with van der Waals surface area (Å²) >= 11 is 5.57. The third kappa shape index (κ3) is 8.56. The Bertz CT molecular complexity index is 293.